The van der Waals surface area contributed by atoms with Crippen LogP contribution >= 0.6 is 0 Å². The number of hydrogen-bond acceptors (Lipinski definition) is 3. The van der Waals surface area contributed by atoms with Crippen LogP contribution in [-0.2, 0) is 11.3 Å². The Morgan fingerprint density at radius 3 is 3.00 bits per heavy atom. The van der Waals surface area contributed by atoms with Crippen LogP contribution in [0.3, 0.4) is 0 Å². The van der Waals surface area contributed by atoms with Gasteiger partial charge in [0, 0.05) is 12.7 Å². The molecule has 0 aliphatic heterocycles. The van der Waals surface area contributed by atoms with Crippen LogP contribution in [0, 0.1) is 0 Å². The molecule has 2 heterocycles. The quantitative estimate of drug-likeness (QED) is 0.779. The minimum absolute atomic E-state index is 0.0375. The fourth-order valence-electron chi connectivity index (χ4n) is 1.67. The van der Waals surface area contributed by atoms with Gasteiger partial charge in [-0.05, 0) is 18.6 Å². The number of unbranched alkanes of at least 4 members (excludes halogenated alkanes) is 1. The summed E-state index contributed by atoms with van der Waals surface area (Å²) in [4.78, 5) is 23.5. The third-order valence-electron chi connectivity index (χ3n) is 2.63. The molecular formula is C12H16N4O2. The van der Waals surface area contributed by atoms with E-state index in [0.717, 1.165) is 12.8 Å². The van der Waals surface area contributed by atoms with Crippen molar-refractivity contribution < 1.29 is 4.79 Å². The second kappa shape index (κ2) is 5.48. The average Bonchev–Trinajstić information content (AvgIpc) is 2.67. The van der Waals surface area contributed by atoms with Gasteiger partial charge < -0.3 is 5.32 Å². The van der Waals surface area contributed by atoms with E-state index in [2.05, 4.69) is 17.3 Å². The summed E-state index contributed by atoms with van der Waals surface area (Å²) in [5.41, 5.74) is 0.250. The topological polar surface area (TPSA) is 68.4 Å². The van der Waals surface area contributed by atoms with E-state index in [1.54, 1.807) is 24.4 Å². The summed E-state index contributed by atoms with van der Waals surface area (Å²) >= 11 is 0. The predicted octanol–water partition coefficient (Wildman–Crippen LogP) is 0.412. The van der Waals surface area contributed by atoms with Gasteiger partial charge in [0.15, 0.2) is 5.65 Å². The standard InChI is InChI=1S/C12H16N4O2/c1-2-3-7-13-11(17)9-16-12(18)15-8-5-4-6-10(15)14-16/h4-6,8H,2-3,7,9H2,1H3,(H,13,17). The monoisotopic (exact) mass is 248 g/mol. The highest BCUT2D eigenvalue weighted by Crippen LogP contribution is 1.94. The Morgan fingerprint density at radius 2 is 2.28 bits per heavy atom. The molecule has 2 aromatic heterocycles. The average molecular weight is 248 g/mol. The van der Waals surface area contributed by atoms with Gasteiger partial charge >= 0.3 is 5.69 Å². The summed E-state index contributed by atoms with van der Waals surface area (Å²) in [5, 5.41) is 6.84. The summed E-state index contributed by atoms with van der Waals surface area (Å²) in [7, 11) is 0. The van der Waals surface area contributed by atoms with Gasteiger partial charge in [-0.15, -0.1) is 5.10 Å². The van der Waals surface area contributed by atoms with E-state index in [9.17, 15) is 9.59 Å². The first kappa shape index (κ1) is 12.3. The Bertz CT molecular complexity index is 599. The number of aromatic nitrogens is 3. The van der Waals surface area contributed by atoms with Gasteiger partial charge in [0.1, 0.15) is 6.54 Å². The highest BCUT2D eigenvalue weighted by atomic mass is 16.2. The van der Waals surface area contributed by atoms with E-state index in [4.69, 9.17) is 0 Å². The normalized spacial score (nSPS) is 10.7. The van der Waals surface area contributed by atoms with Crippen LogP contribution < -0.4 is 11.0 Å². The zero-order valence-electron chi connectivity index (χ0n) is 10.3. The molecule has 18 heavy (non-hydrogen) atoms. The van der Waals surface area contributed by atoms with E-state index in [1.807, 2.05) is 0 Å². The molecule has 0 radical (unpaired) electrons. The highest BCUT2D eigenvalue weighted by Gasteiger charge is 2.09. The van der Waals surface area contributed by atoms with Gasteiger partial charge in [-0.25, -0.2) is 9.48 Å². The summed E-state index contributed by atoms with van der Waals surface area (Å²) in [6.45, 7) is 2.65. The molecule has 0 aliphatic carbocycles. The number of nitrogens with one attached hydrogen (secondary N) is 1. The number of nitrogens with zero attached hydrogens (tertiary/aromatic N) is 3. The maximum atomic E-state index is 11.9. The van der Waals surface area contributed by atoms with Crippen LogP contribution in [0.25, 0.3) is 5.65 Å². The summed E-state index contributed by atoms with van der Waals surface area (Å²) < 4.78 is 2.59. The molecule has 0 bridgehead atoms. The van der Waals surface area contributed by atoms with Crippen LogP contribution in [-0.4, -0.2) is 26.6 Å². The first-order valence-electron chi connectivity index (χ1n) is 6.03. The Kier molecular flexibility index (Phi) is 3.76. The van der Waals surface area contributed by atoms with Gasteiger partial charge in [0.05, 0.1) is 0 Å². The number of amides is 1. The molecule has 0 unspecified atom stereocenters. The number of hydrogen-bond donors (Lipinski definition) is 1. The molecule has 96 valence electrons. The first-order valence-corrected chi connectivity index (χ1v) is 6.03. The molecule has 0 aliphatic rings. The minimum Gasteiger partial charge on any atom is -0.354 e. The number of rotatable bonds is 5. The van der Waals surface area contributed by atoms with Crippen molar-refractivity contribution in [3.63, 3.8) is 0 Å². The van der Waals surface area contributed by atoms with E-state index in [1.165, 1.54) is 9.08 Å². The lowest BCUT2D eigenvalue weighted by molar-refractivity contribution is -0.121. The summed E-state index contributed by atoms with van der Waals surface area (Å²) in [6.07, 6.45) is 3.59. The van der Waals surface area contributed by atoms with Crippen molar-refractivity contribution in [2.24, 2.45) is 0 Å². The second-order valence-corrected chi connectivity index (χ2v) is 4.07. The Morgan fingerprint density at radius 1 is 1.44 bits per heavy atom. The molecule has 2 rings (SSSR count). The third kappa shape index (κ3) is 2.58. The molecule has 6 nitrogen and oxygen atoms in total. The van der Waals surface area contributed by atoms with Gasteiger partial charge in [0.2, 0.25) is 5.91 Å². The number of carbonyl (C=O) groups excluding carboxylic acids is 1. The van der Waals surface area contributed by atoms with E-state index in [0.29, 0.717) is 12.2 Å². The van der Waals surface area contributed by atoms with Crippen LogP contribution in [0.2, 0.25) is 0 Å². The molecule has 1 N–H and O–H groups in total. The lowest BCUT2D eigenvalue weighted by atomic mass is 10.3. The first-order chi connectivity index (χ1) is 8.72. The largest absolute Gasteiger partial charge is 0.354 e. The van der Waals surface area contributed by atoms with Crippen molar-refractivity contribution in [1.82, 2.24) is 19.5 Å². The molecule has 0 saturated heterocycles. The molecule has 1 amide bonds. The SMILES string of the molecule is CCCCNC(=O)Cn1nc2ccccn2c1=O. The summed E-state index contributed by atoms with van der Waals surface area (Å²) in [6, 6.07) is 5.28. The Hall–Kier alpha value is -2.11. The predicted molar refractivity (Wildman–Crippen MR) is 67.4 cm³/mol. The summed E-state index contributed by atoms with van der Waals surface area (Å²) in [5.74, 6) is -0.186. The van der Waals surface area contributed by atoms with Gasteiger partial charge in [-0.3, -0.25) is 9.20 Å². The van der Waals surface area contributed by atoms with E-state index >= 15 is 0 Å². The third-order valence-corrected chi connectivity index (χ3v) is 2.63. The number of carbonyl (C=O) groups is 1. The van der Waals surface area contributed by atoms with Crippen LogP contribution in [0.15, 0.2) is 29.2 Å². The zero-order chi connectivity index (χ0) is 13.0. The highest BCUT2D eigenvalue weighted by molar-refractivity contribution is 5.75. The lowest BCUT2D eigenvalue weighted by Crippen LogP contribution is -2.33. The van der Waals surface area contributed by atoms with Crippen molar-refractivity contribution in [3.05, 3.63) is 34.9 Å². The number of fused-ring (bicyclic) bond motifs is 1. The Labute approximate surface area is 104 Å². The Balaban J connectivity index is 2.10. The maximum Gasteiger partial charge on any atom is 0.350 e. The molecule has 0 aromatic carbocycles. The molecule has 2 aromatic rings. The maximum absolute atomic E-state index is 11.9. The molecule has 6 heteroatoms. The van der Waals surface area contributed by atoms with Crippen LogP contribution in [0.4, 0.5) is 0 Å². The molecule has 0 fully saturated rings. The second-order valence-electron chi connectivity index (χ2n) is 4.07. The van der Waals surface area contributed by atoms with Crippen molar-refractivity contribution in [2.75, 3.05) is 6.54 Å². The minimum atomic E-state index is -0.295. The molecule has 0 saturated carbocycles. The smallest absolute Gasteiger partial charge is 0.350 e. The van der Waals surface area contributed by atoms with Crippen molar-refractivity contribution in [2.45, 2.75) is 26.3 Å². The molecular weight excluding hydrogens is 232 g/mol. The van der Waals surface area contributed by atoms with Crippen LogP contribution in [0.1, 0.15) is 19.8 Å². The van der Waals surface area contributed by atoms with Crippen LogP contribution in [0.5, 0.6) is 0 Å². The van der Waals surface area contributed by atoms with Gasteiger partial charge in [-0.2, -0.15) is 0 Å². The molecule has 0 atom stereocenters. The van der Waals surface area contributed by atoms with Crippen molar-refractivity contribution in [1.29, 1.82) is 0 Å². The molecule has 0 spiro atoms. The number of pyridine rings is 1. The fraction of sp³-hybridized carbons (Fsp3) is 0.417. The fourth-order valence-corrected chi connectivity index (χ4v) is 1.67. The lowest BCUT2D eigenvalue weighted by Gasteiger charge is -2.02. The van der Waals surface area contributed by atoms with Crippen molar-refractivity contribution in [3.8, 4) is 0 Å². The van der Waals surface area contributed by atoms with Gasteiger partial charge in [0.25, 0.3) is 0 Å². The van der Waals surface area contributed by atoms with E-state index < -0.39 is 0 Å². The zero-order valence-corrected chi connectivity index (χ0v) is 10.3. The van der Waals surface area contributed by atoms with Gasteiger partial charge in [-0.1, -0.05) is 19.4 Å². The van der Waals surface area contributed by atoms with E-state index in [-0.39, 0.29) is 18.1 Å². The van der Waals surface area contributed by atoms with Crippen molar-refractivity contribution >= 4 is 11.6 Å².